The molecule has 2 heterocycles. The molecule has 0 aliphatic carbocycles. The van der Waals surface area contributed by atoms with Crippen LogP contribution in [0, 0.1) is 13.8 Å². The Hall–Kier alpha value is -1.15. The van der Waals surface area contributed by atoms with E-state index >= 15 is 0 Å². The first kappa shape index (κ1) is 16.2. The molecule has 0 spiro atoms. The summed E-state index contributed by atoms with van der Waals surface area (Å²) in [5, 5.41) is 3.81. The molecule has 6 nitrogen and oxygen atoms in total. The molecule has 1 N–H and O–H groups in total. The van der Waals surface area contributed by atoms with E-state index in [0.29, 0.717) is 0 Å². The average Bonchev–Trinajstić information content (AvgIpc) is 2.69. The van der Waals surface area contributed by atoms with E-state index in [1.54, 1.807) is 16.2 Å². The number of nitrogens with one attached hydrogen (secondary N) is 1. The van der Waals surface area contributed by atoms with Gasteiger partial charge in [0, 0.05) is 18.0 Å². The predicted octanol–water partition coefficient (Wildman–Crippen LogP) is 1.44. The number of amides is 2. The van der Waals surface area contributed by atoms with Crippen molar-refractivity contribution in [2.75, 3.05) is 24.6 Å². The van der Waals surface area contributed by atoms with Crippen molar-refractivity contribution in [3.05, 3.63) is 15.6 Å². The van der Waals surface area contributed by atoms with Crippen LogP contribution in [0.4, 0.5) is 4.79 Å². The summed E-state index contributed by atoms with van der Waals surface area (Å²) >= 11 is 1.57. The van der Waals surface area contributed by atoms with Crippen LogP contribution >= 0.6 is 11.3 Å². The number of rotatable bonds is 2. The van der Waals surface area contributed by atoms with Crippen molar-refractivity contribution in [1.29, 1.82) is 0 Å². The first-order valence-corrected chi connectivity index (χ1v) is 9.46. The third-order valence-corrected chi connectivity index (χ3v) is 6.62. The Kier molecular flexibility index (Phi) is 4.30. The monoisotopic (exact) mass is 331 g/mol. The van der Waals surface area contributed by atoms with E-state index in [-0.39, 0.29) is 30.6 Å². The Labute approximate surface area is 129 Å². The second-order valence-electron chi connectivity index (χ2n) is 5.85. The zero-order chi connectivity index (χ0) is 15.8. The molecular weight excluding hydrogens is 310 g/mol. The standard InChI is InChI=1S/C13H21N3O3S2/c1-9-10(2)20-11(14-9)13(3,4)15-12(17)16-5-7-21(18,19)8-6-16/h5-8H2,1-4H3,(H,15,17). The van der Waals surface area contributed by atoms with Crippen LogP contribution in [0.5, 0.6) is 0 Å². The van der Waals surface area contributed by atoms with E-state index in [4.69, 9.17) is 0 Å². The third-order valence-electron chi connectivity index (χ3n) is 3.61. The van der Waals surface area contributed by atoms with Crippen LogP contribution in [0.3, 0.4) is 0 Å². The molecule has 1 saturated heterocycles. The summed E-state index contributed by atoms with van der Waals surface area (Å²) in [6.07, 6.45) is 0. The van der Waals surface area contributed by atoms with Crippen LogP contribution in [-0.4, -0.2) is 48.9 Å². The summed E-state index contributed by atoms with van der Waals surface area (Å²) in [5.41, 5.74) is 0.401. The average molecular weight is 331 g/mol. The molecule has 1 aromatic heterocycles. The van der Waals surface area contributed by atoms with Crippen molar-refractivity contribution in [2.24, 2.45) is 0 Å². The SMILES string of the molecule is Cc1nc(C(C)(C)NC(=O)N2CCS(=O)(=O)CC2)sc1C. The van der Waals surface area contributed by atoms with Crippen LogP contribution < -0.4 is 5.32 Å². The summed E-state index contributed by atoms with van der Waals surface area (Å²) < 4.78 is 22.8. The zero-order valence-electron chi connectivity index (χ0n) is 12.8. The van der Waals surface area contributed by atoms with Gasteiger partial charge in [0.25, 0.3) is 0 Å². The van der Waals surface area contributed by atoms with Crippen LogP contribution in [0.15, 0.2) is 0 Å². The Bertz CT molecular complexity index is 616. The van der Waals surface area contributed by atoms with Crippen molar-refractivity contribution in [1.82, 2.24) is 15.2 Å². The molecule has 1 fully saturated rings. The highest BCUT2D eigenvalue weighted by atomic mass is 32.2. The molecular formula is C13H21N3O3S2. The number of sulfone groups is 1. The summed E-state index contributed by atoms with van der Waals surface area (Å²) in [6, 6.07) is -0.236. The molecule has 0 aromatic carbocycles. The van der Waals surface area contributed by atoms with Crippen LogP contribution in [0.25, 0.3) is 0 Å². The van der Waals surface area contributed by atoms with Crippen LogP contribution in [-0.2, 0) is 15.4 Å². The Morgan fingerprint density at radius 1 is 1.29 bits per heavy atom. The maximum atomic E-state index is 12.3. The first-order valence-electron chi connectivity index (χ1n) is 6.83. The quantitative estimate of drug-likeness (QED) is 0.889. The minimum absolute atomic E-state index is 0.0380. The normalized spacial score (nSPS) is 18.6. The minimum atomic E-state index is -2.98. The summed E-state index contributed by atoms with van der Waals surface area (Å²) in [4.78, 5) is 19.5. The molecule has 0 radical (unpaired) electrons. The molecule has 21 heavy (non-hydrogen) atoms. The molecule has 0 saturated carbocycles. The molecule has 1 aromatic rings. The number of nitrogens with zero attached hydrogens (tertiary/aromatic N) is 2. The van der Waals surface area contributed by atoms with Crippen molar-refractivity contribution >= 4 is 27.2 Å². The fraction of sp³-hybridized carbons (Fsp3) is 0.692. The van der Waals surface area contributed by atoms with Gasteiger partial charge in [0.1, 0.15) is 5.01 Å². The predicted molar refractivity (Wildman–Crippen MR) is 83.4 cm³/mol. The number of carbonyl (C=O) groups excluding carboxylic acids is 1. The molecule has 8 heteroatoms. The molecule has 2 amide bonds. The van der Waals surface area contributed by atoms with E-state index in [1.807, 2.05) is 27.7 Å². The number of aromatic nitrogens is 1. The molecule has 0 bridgehead atoms. The number of aryl methyl sites for hydroxylation is 2. The Morgan fingerprint density at radius 2 is 1.86 bits per heavy atom. The number of urea groups is 1. The minimum Gasteiger partial charge on any atom is -0.327 e. The number of hydrogen-bond acceptors (Lipinski definition) is 5. The smallest absolute Gasteiger partial charge is 0.318 e. The molecule has 0 unspecified atom stereocenters. The van der Waals surface area contributed by atoms with Crippen molar-refractivity contribution < 1.29 is 13.2 Å². The Morgan fingerprint density at radius 3 is 2.33 bits per heavy atom. The van der Waals surface area contributed by atoms with Gasteiger partial charge in [-0.15, -0.1) is 11.3 Å². The van der Waals surface area contributed by atoms with Gasteiger partial charge in [-0.1, -0.05) is 0 Å². The van der Waals surface area contributed by atoms with Crippen molar-refractivity contribution in [3.8, 4) is 0 Å². The van der Waals surface area contributed by atoms with Gasteiger partial charge in [-0.05, 0) is 27.7 Å². The van der Waals surface area contributed by atoms with Crippen molar-refractivity contribution in [3.63, 3.8) is 0 Å². The van der Waals surface area contributed by atoms with Gasteiger partial charge in [-0.25, -0.2) is 18.2 Å². The largest absolute Gasteiger partial charge is 0.327 e. The summed E-state index contributed by atoms with van der Waals surface area (Å²) in [7, 11) is -2.98. The van der Waals surface area contributed by atoms with E-state index in [9.17, 15) is 13.2 Å². The van der Waals surface area contributed by atoms with Crippen LogP contribution in [0.2, 0.25) is 0 Å². The van der Waals surface area contributed by atoms with Crippen LogP contribution in [0.1, 0.15) is 29.4 Å². The fourth-order valence-electron chi connectivity index (χ4n) is 2.06. The van der Waals surface area contributed by atoms with Gasteiger partial charge in [-0.2, -0.15) is 0 Å². The highest BCUT2D eigenvalue weighted by Gasteiger charge is 2.31. The lowest BCUT2D eigenvalue weighted by Gasteiger charge is -2.31. The lowest BCUT2D eigenvalue weighted by molar-refractivity contribution is 0.190. The highest BCUT2D eigenvalue weighted by Crippen LogP contribution is 2.27. The first-order chi connectivity index (χ1) is 9.61. The maximum absolute atomic E-state index is 12.3. The van der Waals surface area contributed by atoms with Gasteiger partial charge in [0.15, 0.2) is 9.84 Å². The molecule has 2 rings (SSSR count). The molecule has 1 aliphatic rings. The topological polar surface area (TPSA) is 79.4 Å². The second kappa shape index (κ2) is 5.57. The summed E-state index contributed by atoms with van der Waals surface area (Å²) in [5.74, 6) is 0.0760. The molecule has 118 valence electrons. The van der Waals surface area contributed by atoms with E-state index < -0.39 is 15.4 Å². The highest BCUT2D eigenvalue weighted by molar-refractivity contribution is 7.91. The second-order valence-corrected chi connectivity index (χ2v) is 9.36. The fourth-order valence-corrected chi connectivity index (χ4v) is 4.23. The maximum Gasteiger partial charge on any atom is 0.318 e. The van der Waals surface area contributed by atoms with E-state index in [0.717, 1.165) is 15.6 Å². The number of thiazole rings is 1. The summed E-state index contributed by atoms with van der Waals surface area (Å²) in [6.45, 7) is 8.26. The van der Waals surface area contributed by atoms with Gasteiger partial charge >= 0.3 is 6.03 Å². The van der Waals surface area contributed by atoms with E-state index in [2.05, 4.69) is 10.3 Å². The zero-order valence-corrected chi connectivity index (χ0v) is 14.4. The third kappa shape index (κ3) is 3.74. The van der Waals surface area contributed by atoms with Gasteiger partial charge < -0.3 is 10.2 Å². The van der Waals surface area contributed by atoms with E-state index in [1.165, 1.54) is 0 Å². The van der Waals surface area contributed by atoms with Gasteiger partial charge in [0.05, 0.1) is 22.7 Å². The van der Waals surface area contributed by atoms with Gasteiger partial charge in [-0.3, -0.25) is 0 Å². The van der Waals surface area contributed by atoms with Gasteiger partial charge in [0.2, 0.25) is 0 Å². The molecule has 0 atom stereocenters. The molecule has 1 aliphatic heterocycles. The number of hydrogen-bond donors (Lipinski definition) is 1. The Balaban J connectivity index is 2.05. The lowest BCUT2D eigenvalue weighted by atomic mass is 10.1. The number of carbonyl (C=O) groups is 1. The lowest BCUT2D eigenvalue weighted by Crippen LogP contribution is -2.52. The van der Waals surface area contributed by atoms with Crippen molar-refractivity contribution in [2.45, 2.75) is 33.2 Å².